The number of carbonyl (C=O) groups excluding carboxylic acids is 2. The molecule has 2 aromatic heterocycles. The Morgan fingerprint density at radius 1 is 1.12 bits per heavy atom. The van der Waals surface area contributed by atoms with Crippen molar-refractivity contribution in [3.63, 3.8) is 0 Å². The number of benzene rings is 2. The van der Waals surface area contributed by atoms with Gasteiger partial charge in [-0.3, -0.25) is 4.72 Å². The fraction of sp³-hybridized carbons (Fsp3) is 0.0476. The number of furan rings is 2. The second kappa shape index (κ2) is 7.85. The van der Waals surface area contributed by atoms with Gasteiger partial charge in [0.25, 0.3) is 0 Å². The molecule has 0 saturated carbocycles. The maximum Gasteiger partial charge on any atom is 0.412 e. The van der Waals surface area contributed by atoms with E-state index in [1.54, 1.807) is 12.1 Å². The number of nitrogens with two attached hydrogens (primary N) is 1. The van der Waals surface area contributed by atoms with Gasteiger partial charge in [-0.25, -0.2) is 22.4 Å². The lowest BCUT2D eigenvalue weighted by molar-refractivity contribution is 0.0640. The van der Waals surface area contributed by atoms with Gasteiger partial charge < -0.3 is 19.3 Å². The van der Waals surface area contributed by atoms with Crippen LogP contribution in [0, 0.1) is 5.82 Å². The van der Waals surface area contributed by atoms with E-state index in [9.17, 15) is 22.4 Å². The number of hydrogen-bond donors (Lipinski definition) is 2. The number of halogens is 1. The molecule has 4 rings (SSSR count). The SMILES string of the molecule is CS(=O)(=O)Nc1cc2oc(-c3ccc(F)cc3)c(C(=O)OC(N)=O)c2cc1-c1ccco1. The second-order valence-electron chi connectivity index (χ2n) is 6.77. The third-order valence-electron chi connectivity index (χ3n) is 4.41. The number of esters is 1. The second-order valence-corrected chi connectivity index (χ2v) is 8.52. The number of anilines is 1. The molecule has 0 unspecified atom stereocenters. The quantitative estimate of drug-likeness (QED) is 0.339. The average molecular weight is 458 g/mol. The molecular formula is C21H15FN2O7S. The van der Waals surface area contributed by atoms with Crippen LogP contribution < -0.4 is 10.5 Å². The fourth-order valence-electron chi connectivity index (χ4n) is 3.21. The minimum atomic E-state index is -3.68. The van der Waals surface area contributed by atoms with Crippen molar-refractivity contribution in [3.8, 4) is 22.6 Å². The van der Waals surface area contributed by atoms with Gasteiger partial charge in [0.2, 0.25) is 10.0 Å². The lowest BCUT2D eigenvalue weighted by Crippen LogP contribution is -2.18. The van der Waals surface area contributed by atoms with Crippen LogP contribution in [0.15, 0.2) is 63.6 Å². The van der Waals surface area contributed by atoms with E-state index in [2.05, 4.69) is 9.46 Å². The number of fused-ring (bicyclic) bond motifs is 1. The molecule has 1 amide bonds. The summed E-state index contributed by atoms with van der Waals surface area (Å²) in [4.78, 5) is 23.9. The first kappa shape index (κ1) is 21.1. The molecule has 4 aromatic rings. The van der Waals surface area contributed by atoms with Crippen molar-refractivity contribution in [2.75, 3.05) is 11.0 Å². The molecule has 32 heavy (non-hydrogen) atoms. The van der Waals surface area contributed by atoms with Crippen LogP contribution in [0.5, 0.6) is 0 Å². The minimum absolute atomic E-state index is 0.0202. The van der Waals surface area contributed by atoms with Crippen molar-refractivity contribution < 1.29 is 36.0 Å². The molecule has 0 saturated heterocycles. The molecule has 0 fully saturated rings. The van der Waals surface area contributed by atoms with Crippen molar-refractivity contribution in [3.05, 3.63) is 66.2 Å². The van der Waals surface area contributed by atoms with Crippen molar-refractivity contribution >= 4 is 38.7 Å². The molecule has 2 heterocycles. The van der Waals surface area contributed by atoms with Gasteiger partial charge in [0.1, 0.15) is 28.5 Å². The molecule has 0 radical (unpaired) electrons. The Hall–Kier alpha value is -4.12. The van der Waals surface area contributed by atoms with E-state index in [0.717, 1.165) is 18.4 Å². The molecular weight excluding hydrogens is 443 g/mol. The van der Waals surface area contributed by atoms with Crippen LogP contribution in [-0.4, -0.2) is 26.7 Å². The average Bonchev–Trinajstić information content (AvgIpc) is 3.33. The van der Waals surface area contributed by atoms with Gasteiger partial charge in [-0.05, 0) is 42.5 Å². The lowest BCUT2D eigenvalue weighted by Gasteiger charge is -2.09. The molecule has 0 bridgehead atoms. The number of rotatable bonds is 5. The number of ether oxygens (including phenoxy) is 1. The maximum absolute atomic E-state index is 13.4. The third kappa shape index (κ3) is 4.18. The van der Waals surface area contributed by atoms with Gasteiger partial charge in [0, 0.05) is 22.6 Å². The van der Waals surface area contributed by atoms with Crippen LogP contribution in [0.25, 0.3) is 33.6 Å². The van der Waals surface area contributed by atoms with E-state index < -0.39 is 27.9 Å². The zero-order valence-corrected chi connectivity index (χ0v) is 17.2. The van der Waals surface area contributed by atoms with Crippen LogP contribution in [0.2, 0.25) is 0 Å². The Morgan fingerprint density at radius 2 is 1.84 bits per heavy atom. The summed E-state index contributed by atoms with van der Waals surface area (Å²) in [5.74, 6) is -1.32. The zero-order chi connectivity index (χ0) is 23.0. The predicted molar refractivity (Wildman–Crippen MR) is 113 cm³/mol. The number of sulfonamides is 1. The molecule has 0 aliphatic heterocycles. The molecule has 11 heteroatoms. The van der Waals surface area contributed by atoms with Crippen LogP contribution in [-0.2, 0) is 14.8 Å². The number of hydrogen-bond acceptors (Lipinski definition) is 7. The van der Waals surface area contributed by atoms with Gasteiger partial charge in [-0.15, -0.1) is 0 Å². The first-order valence-corrected chi connectivity index (χ1v) is 10.9. The normalized spacial score (nSPS) is 11.4. The van der Waals surface area contributed by atoms with Gasteiger partial charge in [0.15, 0.2) is 0 Å². The van der Waals surface area contributed by atoms with Crippen molar-refractivity contribution in [2.45, 2.75) is 0 Å². The van der Waals surface area contributed by atoms with Gasteiger partial charge in [-0.1, -0.05) is 0 Å². The fourth-order valence-corrected chi connectivity index (χ4v) is 3.78. The highest BCUT2D eigenvalue weighted by Crippen LogP contribution is 2.40. The number of nitrogens with one attached hydrogen (secondary N) is 1. The summed E-state index contributed by atoms with van der Waals surface area (Å²) in [7, 11) is -3.68. The number of primary amides is 1. The van der Waals surface area contributed by atoms with Gasteiger partial charge in [0.05, 0.1) is 18.2 Å². The van der Waals surface area contributed by atoms with E-state index in [1.165, 1.54) is 30.5 Å². The van der Waals surface area contributed by atoms with Crippen molar-refractivity contribution in [2.24, 2.45) is 5.73 Å². The smallest absolute Gasteiger partial charge is 0.412 e. The molecule has 0 atom stereocenters. The highest BCUT2D eigenvalue weighted by molar-refractivity contribution is 7.92. The summed E-state index contributed by atoms with van der Waals surface area (Å²) in [5.41, 5.74) is 5.69. The summed E-state index contributed by atoms with van der Waals surface area (Å²) in [6, 6.07) is 11.1. The Kier molecular flexibility index (Phi) is 5.18. The molecule has 164 valence electrons. The summed E-state index contributed by atoms with van der Waals surface area (Å²) in [5, 5.41) is 0.195. The van der Waals surface area contributed by atoms with Crippen molar-refractivity contribution in [1.29, 1.82) is 0 Å². The van der Waals surface area contributed by atoms with Gasteiger partial charge >= 0.3 is 12.1 Å². The minimum Gasteiger partial charge on any atom is -0.464 e. The molecule has 3 N–H and O–H groups in total. The summed E-state index contributed by atoms with van der Waals surface area (Å²) in [6.45, 7) is 0. The highest BCUT2D eigenvalue weighted by Gasteiger charge is 2.27. The van der Waals surface area contributed by atoms with Crippen LogP contribution in [0.1, 0.15) is 10.4 Å². The molecule has 0 aliphatic carbocycles. The topological polar surface area (TPSA) is 142 Å². The summed E-state index contributed by atoms with van der Waals surface area (Å²) < 4.78 is 55.3. The Labute approximate surface area is 180 Å². The Morgan fingerprint density at radius 3 is 2.44 bits per heavy atom. The van der Waals surface area contributed by atoms with E-state index in [1.807, 2.05) is 0 Å². The van der Waals surface area contributed by atoms with Crippen molar-refractivity contribution in [1.82, 2.24) is 0 Å². The molecule has 0 spiro atoms. The van der Waals surface area contributed by atoms with Crippen LogP contribution in [0.4, 0.5) is 14.9 Å². The summed E-state index contributed by atoms with van der Waals surface area (Å²) in [6.07, 6.45) is 1.05. The summed E-state index contributed by atoms with van der Waals surface area (Å²) >= 11 is 0. The zero-order valence-electron chi connectivity index (χ0n) is 16.4. The largest absolute Gasteiger partial charge is 0.464 e. The number of carbonyl (C=O) groups is 2. The van der Waals surface area contributed by atoms with Gasteiger partial charge in [-0.2, -0.15) is 0 Å². The van der Waals surface area contributed by atoms with Crippen LogP contribution >= 0.6 is 0 Å². The third-order valence-corrected chi connectivity index (χ3v) is 5.00. The van der Waals surface area contributed by atoms with E-state index >= 15 is 0 Å². The first-order chi connectivity index (χ1) is 15.1. The molecule has 9 nitrogen and oxygen atoms in total. The Bertz CT molecular complexity index is 1440. The predicted octanol–water partition coefficient (Wildman–Crippen LogP) is 4.11. The first-order valence-electron chi connectivity index (χ1n) is 9.02. The van der Waals surface area contributed by atoms with Crippen LogP contribution in [0.3, 0.4) is 0 Å². The molecule has 2 aromatic carbocycles. The standard InChI is InChI=1S/C21H15FN2O7S/c1-32(27,28)24-15-10-17-14(9-13(15)16-3-2-8-29-16)18(20(25)31-21(23)26)19(30-17)11-4-6-12(22)7-5-11/h2-10,24H,1H3,(H2,23,26). The number of amides is 1. The highest BCUT2D eigenvalue weighted by atomic mass is 32.2. The maximum atomic E-state index is 13.4. The van der Waals surface area contributed by atoms with E-state index in [4.69, 9.17) is 14.6 Å². The molecule has 0 aliphatic rings. The lowest BCUT2D eigenvalue weighted by atomic mass is 10.0. The van der Waals surface area contributed by atoms with E-state index in [-0.39, 0.29) is 28.0 Å². The monoisotopic (exact) mass is 458 g/mol. The van der Waals surface area contributed by atoms with E-state index in [0.29, 0.717) is 16.9 Å². The Balaban J connectivity index is 2.03.